The molecule has 1 fully saturated rings. The summed E-state index contributed by atoms with van der Waals surface area (Å²) in [6.45, 7) is 1.47. The summed E-state index contributed by atoms with van der Waals surface area (Å²) >= 11 is 0. The molecule has 24 heavy (non-hydrogen) atoms. The van der Waals surface area contributed by atoms with Gasteiger partial charge in [-0.25, -0.2) is 4.98 Å². The van der Waals surface area contributed by atoms with Gasteiger partial charge in [-0.05, 0) is 18.9 Å². The molecule has 3 heterocycles. The number of likely N-dealkylation sites (N-methyl/N-ethyl adjacent to an activating group) is 1. The summed E-state index contributed by atoms with van der Waals surface area (Å²) in [5.41, 5.74) is -0.529. The first kappa shape index (κ1) is 16.3. The number of nitrogens with zero attached hydrogens (tertiary/aromatic N) is 6. The molecule has 1 saturated heterocycles. The van der Waals surface area contributed by atoms with Crippen molar-refractivity contribution in [3.63, 3.8) is 0 Å². The summed E-state index contributed by atoms with van der Waals surface area (Å²) < 4.78 is 0. The zero-order chi connectivity index (χ0) is 17.0. The van der Waals surface area contributed by atoms with Crippen molar-refractivity contribution < 1.29 is 9.90 Å². The van der Waals surface area contributed by atoms with E-state index in [2.05, 4.69) is 20.2 Å². The van der Waals surface area contributed by atoms with Gasteiger partial charge in [-0.1, -0.05) is 0 Å². The van der Waals surface area contributed by atoms with Crippen LogP contribution in [0.1, 0.15) is 23.2 Å². The number of carbonyl (C=O) groups excluding carboxylic acids is 1. The highest BCUT2D eigenvalue weighted by atomic mass is 16.3. The lowest BCUT2D eigenvalue weighted by Crippen LogP contribution is -2.54. The third-order valence-electron chi connectivity index (χ3n) is 4.14. The van der Waals surface area contributed by atoms with Crippen LogP contribution in [0.5, 0.6) is 0 Å². The van der Waals surface area contributed by atoms with Crippen LogP contribution in [0.4, 0.5) is 5.82 Å². The molecule has 0 radical (unpaired) electrons. The molecule has 1 N–H and O–H groups in total. The Hall–Kier alpha value is -2.61. The lowest BCUT2D eigenvalue weighted by molar-refractivity contribution is -0.000160. The van der Waals surface area contributed by atoms with Crippen molar-refractivity contribution in [3.8, 4) is 0 Å². The van der Waals surface area contributed by atoms with Gasteiger partial charge in [0, 0.05) is 32.5 Å². The third kappa shape index (κ3) is 3.65. The van der Waals surface area contributed by atoms with Crippen LogP contribution in [0.15, 0.2) is 37.1 Å². The van der Waals surface area contributed by atoms with Crippen molar-refractivity contribution in [3.05, 3.63) is 42.6 Å². The molecular weight excluding hydrogens is 308 g/mol. The molecule has 2 aromatic rings. The summed E-state index contributed by atoms with van der Waals surface area (Å²) in [5.74, 6) is 0.554. The van der Waals surface area contributed by atoms with Gasteiger partial charge in [0.15, 0.2) is 0 Å². The van der Waals surface area contributed by atoms with E-state index in [1.54, 1.807) is 31.7 Å². The van der Waals surface area contributed by atoms with Crippen LogP contribution in [0.2, 0.25) is 0 Å². The van der Waals surface area contributed by atoms with Crippen LogP contribution in [-0.2, 0) is 0 Å². The molecule has 1 atom stereocenters. The number of aromatic nitrogens is 4. The summed E-state index contributed by atoms with van der Waals surface area (Å²) in [6, 6.07) is 1.61. The second-order valence-electron chi connectivity index (χ2n) is 6.11. The Kier molecular flexibility index (Phi) is 4.66. The predicted octanol–water partition coefficient (Wildman–Crippen LogP) is 0.370. The number of aliphatic hydroxyl groups is 1. The quantitative estimate of drug-likeness (QED) is 0.866. The molecule has 1 aliphatic heterocycles. The average molecular weight is 328 g/mol. The van der Waals surface area contributed by atoms with Crippen LogP contribution in [0.25, 0.3) is 0 Å². The Bertz CT molecular complexity index is 683. The number of amides is 1. The highest BCUT2D eigenvalue weighted by Crippen LogP contribution is 2.25. The summed E-state index contributed by atoms with van der Waals surface area (Å²) in [5, 5.41) is 18.3. The second kappa shape index (κ2) is 6.88. The number of carbonyl (C=O) groups is 1. The van der Waals surface area contributed by atoms with Crippen LogP contribution < -0.4 is 4.90 Å². The molecule has 0 spiro atoms. The molecule has 126 valence electrons. The molecule has 0 saturated carbocycles. The third-order valence-corrected chi connectivity index (χ3v) is 4.14. The van der Waals surface area contributed by atoms with E-state index in [-0.39, 0.29) is 12.5 Å². The smallest absolute Gasteiger partial charge is 0.255 e. The molecule has 2 aromatic heterocycles. The first-order valence-electron chi connectivity index (χ1n) is 7.83. The first-order chi connectivity index (χ1) is 11.6. The molecule has 0 bridgehead atoms. The average Bonchev–Trinajstić information content (AvgIpc) is 2.62. The molecule has 0 aliphatic carbocycles. The Labute approximate surface area is 140 Å². The van der Waals surface area contributed by atoms with Gasteiger partial charge in [-0.15, -0.1) is 0 Å². The van der Waals surface area contributed by atoms with Crippen LogP contribution >= 0.6 is 0 Å². The maximum absolute atomic E-state index is 12.4. The van der Waals surface area contributed by atoms with Crippen molar-refractivity contribution in [1.82, 2.24) is 25.1 Å². The van der Waals surface area contributed by atoms with Gasteiger partial charge < -0.3 is 14.9 Å². The molecule has 8 heteroatoms. The van der Waals surface area contributed by atoms with Crippen molar-refractivity contribution in [2.75, 3.05) is 31.6 Å². The summed E-state index contributed by atoms with van der Waals surface area (Å²) in [7, 11) is 1.68. The maximum atomic E-state index is 12.4. The summed E-state index contributed by atoms with van der Waals surface area (Å²) in [4.78, 5) is 24.3. The zero-order valence-corrected chi connectivity index (χ0v) is 13.5. The zero-order valence-electron chi connectivity index (χ0n) is 13.5. The van der Waals surface area contributed by atoms with Gasteiger partial charge in [-0.3, -0.25) is 9.78 Å². The van der Waals surface area contributed by atoms with Gasteiger partial charge in [0.25, 0.3) is 5.91 Å². The normalized spacial score (nSPS) is 20.7. The largest absolute Gasteiger partial charge is 0.386 e. The van der Waals surface area contributed by atoms with Crippen molar-refractivity contribution in [2.45, 2.75) is 18.4 Å². The fourth-order valence-corrected chi connectivity index (χ4v) is 3.04. The van der Waals surface area contributed by atoms with E-state index in [1.807, 2.05) is 4.90 Å². The standard InChI is InChI=1S/C16H20N6O2/c1-21(15(23)13-3-5-19-20-9-13)11-16(24)4-2-8-22(12-16)14-10-17-6-7-18-14/h3,5-7,9-10,24H,2,4,8,11-12H2,1H3/t16-/m0/s1. The number of hydrogen-bond acceptors (Lipinski definition) is 7. The fraction of sp³-hybridized carbons (Fsp3) is 0.438. The number of β-amino-alcohol motifs (C(OH)–C–C–N with tert-alkyl or cyclic N) is 1. The molecule has 0 aromatic carbocycles. The van der Waals surface area contributed by atoms with Crippen LogP contribution in [0.3, 0.4) is 0 Å². The molecular formula is C16H20N6O2. The van der Waals surface area contributed by atoms with Gasteiger partial charge in [0.1, 0.15) is 5.82 Å². The highest BCUT2D eigenvalue weighted by Gasteiger charge is 2.36. The lowest BCUT2D eigenvalue weighted by Gasteiger charge is -2.41. The number of hydrogen-bond donors (Lipinski definition) is 1. The van der Waals surface area contributed by atoms with E-state index in [0.29, 0.717) is 18.5 Å². The van der Waals surface area contributed by atoms with E-state index in [0.717, 1.165) is 18.8 Å². The minimum absolute atomic E-state index is 0.185. The second-order valence-corrected chi connectivity index (χ2v) is 6.11. The van der Waals surface area contributed by atoms with E-state index in [1.165, 1.54) is 17.3 Å². The van der Waals surface area contributed by atoms with Crippen molar-refractivity contribution in [1.29, 1.82) is 0 Å². The van der Waals surface area contributed by atoms with Gasteiger partial charge in [0.2, 0.25) is 0 Å². The van der Waals surface area contributed by atoms with E-state index >= 15 is 0 Å². The molecule has 8 nitrogen and oxygen atoms in total. The minimum atomic E-state index is -0.985. The molecule has 1 aliphatic rings. The van der Waals surface area contributed by atoms with Gasteiger partial charge in [-0.2, -0.15) is 10.2 Å². The number of piperidine rings is 1. The topological polar surface area (TPSA) is 95.3 Å². The molecule has 3 rings (SSSR count). The summed E-state index contributed by atoms with van der Waals surface area (Å²) in [6.07, 6.45) is 9.30. The monoisotopic (exact) mass is 328 g/mol. The van der Waals surface area contributed by atoms with E-state index < -0.39 is 5.60 Å². The first-order valence-corrected chi connectivity index (χ1v) is 7.83. The van der Waals surface area contributed by atoms with E-state index in [4.69, 9.17) is 0 Å². The molecule has 0 unspecified atom stereocenters. The fourth-order valence-electron chi connectivity index (χ4n) is 3.04. The lowest BCUT2D eigenvalue weighted by atomic mass is 9.92. The number of rotatable bonds is 4. The Morgan fingerprint density at radius 1 is 1.33 bits per heavy atom. The Morgan fingerprint density at radius 3 is 2.92 bits per heavy atom. The highest BCUT2D eigenvalue weighted by molar-refractivity contribution is 5.93. The number of anilines is 1. The molecule has 1 amide bonds. The Morgan fingerprint density at radius 2 is 2.21 bits per heavy atom. The van der Waals surface area contributed by atoms with Gasteiger partial charge >= 0.3 is 0 Å². The van der Waals surface area contributed by atoms with Crippen LogP contribution in [0, 0.1) is 0 Å². The SMILES string of the molecule is CN(C[C@@]1(O)CCCN(c2cnccn2)C1)C(=O)c1ccnnc1. The minimum Gasteiger partial charge on any atom is -0.386 e. The predicted molar refractivity (Wildman–Crippen MR) is 87.4 cm³/mol. The van der Waals surface area contributed by atoms with Crippen molar-refractivity contribution >= 4 is 11.7 Å². The van der Waals surface area contributed by atoms with Gasteiger partial charge in [0.05, 0.1) is 36.3 Å². The Balaban J connectivity index is 1.68. The maximum Gasteiger partial charge on any atom is 0.255 e. The van der Waals surface area contributed by atoms with Crippen molar-refractivity contribution in [2.24, 2.45) is 0 Å². The van der Waals surface area contributed by atoms with E-state index in [9.17, 15) is 9.90 Å². The van der Waals surface area contributed by atoms with Crippen LogP contribution in [-0.4, -0.2) is 68.4 Å².